The van der Waals surface area contributed by atoms with Gasteiger partial charge in [-0.15, -0.1) is 0 Å². The third kappa shape index (κ3) is 5.58. The predicted molar refractivity (Wildman–Crippen MR) is 129 cm³/mol. The molecule has 1 aliphatic rings. The largest absolute Gasteiger partial charge is 0.392 e. The smallest absolute Gasteiger partial charge is 0.268 e. The highest BCUT2D eigenvalue weighted by atomic mass is 35.5. The molecule has 1 unspecified atom stereocenters. The van der Waals surface area contributed by atoms with Crippen molar-refractivity contribution >= 4 is 29.1 Å². The summed E-state index contributed by atoms with van der Waals surface area (Å²) in [5.41, 5.74) is 2.48. The van der Waals surface area contributed by atoms with Gasteiger partial charge in [-0.05, 0) is 49.6 Å². The van der Waals surface area contributed by atoms with E-state index in [0.29, 0.717) is 41.8 Å². The average molecular weight is 485 g/mol. The summed E-state index contributed by atoms with van der Waals surface area (Å²) in [6.45, 7) is 3.52. The van der Waals surface area contributed by atoms with Gasteiger partial charge >= 0.3 is 0 Å². The lowest BCUT2D eigenvalue weighted by Crippen LogP contribution is -2.44. The zero-order chi connectivity index (χ0) is 24.1. The molecule has 2 aromatic heterocycles. The van der Waals surface area contributed by atoms with Crippen molar-refractivity contribution in [2.75, 3.05) is 26.3 Å². The van der Waals surface area contributed by atoms with Crippen molar-refractivity contribution in [1.82, 2.24) is 20.0 Å². The Morgan fingerprint density at radius 3 is 2.62 bits per heavy atom. The molecular weight excluding hydrogens is 456 g/mol. The number of ether oxygens (including phenoxy) is 1. The van der Waals surface area contributed by atoms with Crippen LogP contribution in [0, 0.1) is 0 Å². The second kappa shape index (κ2) is 10.5. The van der Waals surface area contributed by atoms with Gasteiger partial charge in [0.15, 0.2) is 0 Å². The normalized spacial score (nSPS) is 16.2. The number of imidazole rings is 1. The first-order valence-electron chi connectivity index (χ1n) is 11.4. The molecule has 0 spiro atoms. The number of halogens is 1. The SMILES string of the molecule is CC(O)CNC(=O)Cc1cn2c(C(=O)NCC3(c4ccc(Cl)cc4)CCOCC3)cccc2n1. The van der Waals surface area contributed by atoms with Crippen molar-refractivity contribution in [2.45, 2.75) is 37.7 Å². The van der Waals surface area contributed by atoms with E-state index in [9.17, 15) is 14.7 Å². The number of amides is 2. The summed E-state index contributed by atoms with van der Waals surface area (Å²) in [5, 5.41) is 15.8. The molecule has 4 rings (SSSR count). The molecule has 1 saturated heterocycles. The average Bonchev–Trinajstić information content (AvgIpc) is 3.24. The van der Waals surface area contributed by atoms with Crippen molar-refractivity contribution in [2.24, 2.45) is 0 Å². The Bertz CT molecular complexity index is 1150. The van der Waals surface area contributed by atoms with Gasteiger partial charge in [-0.3, -0.25) is 14.0 Å². The molecule has 2 amide bonds. The number of aliphatic hydroxyl groups is 1. The number of carbonyl (C=O) groups is 2. The third-order valence-corrected chi connectivity index (χ3v) is 6.46. The van der Waals surface area contributed by atoms with Gasteiger partial charge in [-0.2, -0.15) is 0 Å². The van der Waals surface area contributed by atoms with Crippen LogP contribution in [0.4, 0.5) is 0 Å². The highest BCUT2D eigenvalue weighted by Crippen LogP contribution is 2.35. The molecule has 1 fully saturated rings. The van der Waals surface area contributed by atoms with Crippen LogP contribution in [0.25, 0.3) is 5.65 Å². The molecule has 0 aliphatic carbocycles. The van der Waals surface area contributed by atoms with Crippen LogP contribution in [0.5, 0.6) is 0 Å². The standard InChI is InChI=1S/C25H29ClN4O4/c1-17(31)14-27-23(32)13-20-15-30-21(3-2-4-22(30)29-20)24(33)28-16-25(9-11-34-12-10-25)18-5-7-19(26)8-6-18/h2-8,15,17,31H,9-14,16H2,1H3,(H,27,32)(H,28,33). The molecule has 3 heterocycles. The fourth-order valence-electron chi connectivity index (χ4n) is 4.29. The molecule has 34 heavy (non-hydrogen) atoms. The van der Waals surface area contributed by atoms with Crippen LogP contribution in [0.1, 0.15) is 41.5 Å². The molecule has 9 heteroatoms. The quantitative estimate of drug-likeness (QED) is 0.455. The lowest BCUT2D eigenvalue weighted by Gasteiger charge is -2.38. The second-order valence-electron chi connectivity index (χ2n) is 8.78. The number of carbonyl (C=O) groups excluding carboxylic acids is 2. The van der Waals surface area contributed by atoms with E-state index in [-0.39, 0.29) is 30.2 Å². The van der Waals surface area contributed by atoms with Crippen LogP contribution in [-0.2, 0) is 21.4 Å². The number of pyridine rings is 1. The predicted octanol–water partition coefficient (Wildman–Crippen LogP) is 2.51. The number of aromatic nitrogens is 2. The van der Waals surface area contributed by atoms with E-state index in [4.69, 9.17) is 16.3 Å². The van der Waals surface area contributed by atoms with Crippen LogP contribution in [-0.4, -0.2) is 58.7 Å². The van der Waals surface area contributed by atoms with E-state index in [1.165, 1.54) is 0 Å². The van der Waals surface area contributed by atoms with Crippen molar-refractivity contribution in [3.8, 4) is 0 Å². The number of benzene rings is 1. The first-order chi connectivity index (χ1) is 16.4. The molecule has 8 nitrogen and oxygen atoms in total. The topological polar surface area (TPSA) is 105 Å². The molecule has 3 N–H and O–H groups in total. The molecule has 3 aromatic rings. The van der Waals surface area contributed by atoms with E-state index in [2.05, 4.69) is 15.6 Å². The maximum absolute atomic E-state index is 13.2. The minimum atomic E-state index is -0.618. The Morgan fingerprint density at radius 1 is 1.18 bits per heavy atom. The minimum absolute atomic E-state index is 0.0646. The summed E-state index contributed by atoms with van der Waals surface area (Å²) in [6.07, 6.45) is 2.75. The number of aliphatic hydroxyl groups excluding tert-OH is 1. The Labute approximate surface area is 203 Å². The fraction of sp³-hybridized carbons (Fsp3) is 0.400. The lowest BCUT2D eigenvalue weighted by molar-refractivity contribution is -0.120. The molecule has 180 valence electrons. The first-order valence-corrected chi connectivity index (χ1v) is 11.8. The van der Waals surface area contributed by atoms with Crippen molar-refractivity contribution in [3.63, 3.8) is 0 Å². The highest BCUT2D eigenvalue weighted by molar-refractivity contribution is 6.30. The molecule has 1 atom stereocenters. The van der Waals surface area contributed by atoms with Crippen LogP contribution in [0.15, 0.2) is 48.7 Å². The first kappa shape index (κ1) is 24.2. The Hall–Kier alpha value is -2.94. The van der Waals surface area contributed by atoms with Gasteiger partial charge in [0.25, 0.3) is 5.91 Å². The van der Waals surface area contributed by atoms with Crippen LogP contribution >= 0.6 is 11.6 Å². The van der Waals surface area contributed by atoms with E-state index >= 15 is 0 Å². The van der Waals surface area contributed by atoms with Crippen molar-refractivity contribution in [3.05, 3.63) is 70.6 Å². The summed E-state index contributed by atoms with van der Waals surface area (Å²) < 4.78 is 7.29. The van der Waals surface area contributed by atoms with Crippen LogP contribution in [0.2, 0.25) is 5.02 Å². The van der Waals surface area contributed by atoms with Gasteiger partial charge < -0.3 is 20.5 Å². The molecule has 0 saturated carbocycles. The van der Waals surface area contributed by atoms with Gasteiger partial charge in [0.1, 0.15) is 11.3 Å². The van der Waals surface area contributed by atoms with E-state index in [1.807, 2.05) is 24.3 Å². The van der Waals surface area contributed by atoms with Crippen LogP contribution < -0.4 is 10.6 Å². The minimum Gasteiger partial charge on any atom is -0.392 e. The van der Waals surface area contributed by atoms with E-state index < -0.39 is 6.10 Å². The third-order valence-electron chi connectivity index (χ3n) is 6.20. The second-order valence-corrected chi connectivity index (χ2v) is 9.22. The van der Waals surface area contributed by atoms with Crippen molar-refractivity contribution in [1.29, 1.82) is 0 Å². The van der Waals surface area contributed by atoms with Gasteiger partial charge in [0.05, 0.1) is 18.2 Å². The number of nitrogens with one attached hydrogen (secondary N) is 2. The monoisotopic (exact) mass is 484 g/mol. The van der Waals surface area contributed by atoms with Crippen LogP contribution in [0.3, 0.4) is 0 Å². The summed E-state index contributed by atoms with van der Waals surface area (Å²) in [7, 11) is 0. The van der Waals surface area contributed by atoms with E-state index in [1.54, 1.807) is 35.7 Å². The lowest BCUT2D eigenvalue weighted by atomic mass is 9.74. The van der Waals surface area contributed by atoms with Gasteiger partial charge in [-0.25, -0.2) is 4.98 Å². The maximum Gasteiger partial charge on any atom is 0.268 e. The zero-order valence-electron chi connectivity index (χ0n) is 19.1. The number of hydrogen-bond donors (Lipinski definition) is 3. The summed E-state index contributed by atoms with van der Waals surface area (Å²) >= 11 is 6.08. The van der Waals surface area contributed by atoms with Gasteiger partial charge in [0.2, 0.25) is 5.91 Å². The summed E-state index contributed by atoms with van der Waals surface area (Å²) in [6, 6.07) is 13.1. The molecule has 1 aliphatic heterocycles. The van der Waals surface area contributed by atoms with E-state index in [0.717, 1.165) is 18.4 Å². The van der Waals surface area contributed by atoms with Gasteiger partial charge in [0, 0.05) is 42.9 Å². The molecule has 1 aromatic carbocycles. The fourth-order valence-corrected chi connectivity index (χ4v) is 4.42. The molecule has 0 radical (unpaired) electrons. The van der Waals surface area contributed by atoms with Gasteiger partial charge in [-0.1, -0.05) is 29.8 Å². The Morgan fingerprint density at radius 2 is 1.91 bits per heavy atom. The number of fused-ring (bicyclic) bond motifs is 1. The molecule has 0 bridgehead atoms. The highest BCUT2D eigenvalue weighted by Gasteiger charge is 2.35. The molecular formula is C25H29ClN4O4. The number of hydrogen-bond acceptors (Lipinski definition) is 5. The number of rotatable bonds is 8. The summed E-state index contributed by atoms with van der Waals surface area (Å²) in [5.74, 6) is -0.451. The Balaban J connectivity index is 1.50. The Kier molecular flexibility index (Phi) is 7.50. The zero-order valence-corrected chi connectivity index (χ0v) is 19.8. The maximum atomic E-state index is 13.2. The summed E-state index contributed by atoms with van der Waals surface area (Å²) in [4.78, 5) is 29.8. The van der Waals surface area contributed by atoms with Crippen molar-refractivity contribution < 1.29 is 19.4 Å². The number of nitrogens with zero attached hydrogens (tertiary/aromatic N) is 2.